The highest BCUT2D eigenvalue weighted by molar-refractivity contribution is 9.10. The van der Waals surface area contributed by atoms with Crippen LogP contribution in [0.2, 0.25) is 0 Å². The quantitative estimate of drug-likeness (QED) is 0.421. The van der Waals surface area contributed by atoms with Crippen LogP contribution >= 0.6 is 31.9 Å². The zero-order chi connectivity index (χ0) is 9.30. The first-order chi connectivity index (χ1) is 5.57. The number of hydrogen-bond donors (Lipinski definition) is 0. The van der Waals surface area contributed by atoms with Crippen molar-refractivity contribution < 1.29 is 13.2 Å². The van der Waals surface area contributed by atoms with Crippen molar-refractivity contribution >= 4 is 31.9 Å². The fourth-order valence-electron chi connectivity index (χ4n) is 0.726. The molecule has 0 heterocycles. The van der Waals surface area contributed by atoms with Crippen LogP contribution in [0, 0.1) is 17.5 Å². The molecule has 5 heteroatoms. The van der Waals surface area contributed by atoms with Crippen LogP contribution in [0.5, 0.6) is 0 Å². The van der Waals surface area contributed by atoms with Gasteiger partial charge in [0.05, 0.1) is 0 Å². The lowest BCUT2D eigenvalue weighted by Crippen LogP contribution is -1.96. The minimum absolute atomic E-state index is 0.0777. The minimum atomic E-state index is -1.44. The van der Waals surface area contributed by atoms with Gasteiger partial charge in [0, 0.05) is 15.4 Å². The van der Waals surface area contributed by atoms with Crippen molar-refractivity contribution in [2.45, 2.75) is 5.33 Å². The Hall–Kier alpha value is -0.0300. The van der Waals surface area contributed by atoms with Gasteiger partial charge in [-0.1, -0.05) is 31.9 Å². The Labute approximate surface area is 84.0 Å². The molecule has 0 aliphatic carbocycles. The van der Waals surface area contributed by atoms with Crippen molar-refractivity contribution in [3.8, 4) is 0 Å². The van der Waals surface area contributed by atoms with Crippen LogP contribution in [0.1, 0.15) is 5.56 Å². The molecule has 0 saturated carbocycles. The standard InChI is InChI=1S/C7H3Br2F3/c8-2-3-4(9)1-5(10)7(12)6(3)11/h1H,2H2. The highest BCUT2D eigenvalue weighted by Gasteiger charge is 2.15. The second-order valence-corrected chi connectivity index (χ2v) is 3.50. The van der Waals surface area contributed by atoms with Gasteiger partial charge in [-0.25, -0.2) is 13.2 Å². The molecule has 66 valence electrons. The van der Waals surface area contributed by atoms with E-state index in [9.17, 15) is 13.2 Å². The predicted octanol–water partition coefficient (Wildman–Crippen LogP) is 3.76. The van der Waals surface area contributed by atoms with Crippen LogP contribution in [-0.4, -0.2) is 0 Å². The fraction of sp³-hybridized carbons (Fsp3) is 0.143. The summed E-state index contributed by atoms with van der Waals surface area (Å²) >= 11 is 5.87. The van der Waals surface area contributed by atoms with Crippen LogP contribution in [-0.2, 0) is 5.33 Å². The van der Waals surface area contributed by atoms with Gasteiger partial charge in [0.2, 0.25) is 0 Å². The Bertz CT molecular complexity index is 312. The first kappa shape index (κ1) is 10.1. The molecule has 0 unspecified atom stereocenters. The zero-order valence-electron chi connectivity index (χ0n) is 5.67. The van der Waals surface area contributed by atoms with Gasteiger partial charge in [-0.05, 0) is 6.07 Å². The fourth-order valence-corrected chi connectivity index (χ4v) is 2.17. The van der Waals surface area contributed by atoms with E-state index >= 15 is 0 Å². The van der Waals surface area contributed by atoms with Gasteiger partial charge in [0.15, 0.2) is 17.5 Å². The van der Waals surface area contributed by atoms with Crippen LogP contribution in [0.25, 0.3) is 0 Å². The maximum atomic E-state index is 12.8. The lowest BCUT2D eigenvalue weighted by Gasteiger charge is -2.03. The van der Waals surface area contributed by atoms with Crippen molar-refractivity contribution in [3.63, 3.8) is 0 Å². The molecule has 0 fully saturated rings. The molecule has 0 aromatic heterocycles. The van der Waals surface area contributed by atoms with Crippen LogP contribution < -0.4 is 0 Å². The van der Waals surface area contributed by atoms with E-state index in [1.807, 2.05) is 0 Å². The first-order valence-electron chi connectivity index (χ1n) is 2.95. The van der Waals surface area contributed by atoms with Crippen LogP contribution in [0.15, 0.2) is 10.5 Å². The summed E-state index contributed by atoms with van der Waals surface area (Å²) in [7, 11) is 0. The summed E-state index contributed by atoms with van der Waals surface area (Å²) in [4.78, 5) is 0. The van der Waals surface area contributed by atoms with Crippen LogP contribution in [0.4, 0.5) is 13.2 Å². The van der Waals surface area contributed by atoms with E-state index in [4.69, 9.17) is 0 Å². The van der Waals surface area contributed by atoms with E-state index in [-0.39, 0.29) is 15.4 Å². The van der Waals surface area contributed by atoms with E-state index in [0.717, 1.165) is 6.07 Å². The molecule has 1 aromatic rings. The highest BCUT2D eigenvalue weighted by Crippen LogP contribution is 2.26. The van der Waals surface area contributed by atoms with E-state index in [0.29, 0.717) is 0 Å². The second-order valence-electron chi connectivity index (χ2n) is 2.08. The lowest BCUT2D eigenvalue weighted by molar-refractivity contribution is 0.442. The van der Waals surface area contributed by atoms with Gasteiger partial charge >= 0.3 is 0 Å². The lowest BCUT2D eigenvalue weighted by atomic mass is 10.2. The van der Waals surface area contributed by atoms with Gasteiger partial charge < -0.3 is 0 Å². The maximum absolute atomic E-state index is 12.8. The van der Waals surface area contributed by atoms with Crippen molar-refractivity contribution in [1.82, 2.24) is 0 Å². The molecule has 12 heavy (non-hydrogen) atoms. The number of hydrogen-bond acceptors (Lipinski definition) is 0. The Morgan fingerprint density at radius 1 is 1.17 bits per heavy atom. The molecule has 0 spiro atoms. The largest absolute Gasteiger partial charge is 0.204 e. The van der Waals surface area contributed by atoms with Crippen molar-refractivity contribution in [1.29, 1.82) is 0 Å². The average molecular weight is 304 g/mol. The molecule has 0 saturated heterocycles. The van der Waals surface area contributed by atoms with Gasteiger partial charge in [0.25, 0.3) is 0 Å². The van der Waals surface area contributed by atoms with E-state index in [2.05, 4.69) is 31.9 Å². The number of rotatable bonds is 1. The minimum Gasteiger partial charge on any atom is -0.204 e. The summed E-state index contributed by atoms with van der Waals surface area (Å²) in [6, 6.07) is 0.898. The Balaban J connectivity index is 3.40. The molecule has 0 amide bonds. The second kappa shape index (κ2) is 3.79. The number of benzene rings is 1. The third-order valence-electron chi connectivity index (χ3n) is 1.34. The molecule has 0 aliphatic rings. The smallest absolute Gasteiger partial charge is 0.194 e. The van der Waals surface area contributed by atoms with Crippen molar-refractivity contribution in [2.24, 2.45) is 0 Å². The topological polar surface area (TPSA) is 0 Å². The number of alkyl halides is 1. The molecule has 0 radical (unpaired) electrons. The van der Waals surface area contributed by atoms with Gasteiger partial charge in [-0.3, -0.25) is 0 Å². The Kier molecular flexibility index (Phi) is 3.17. The normalized spacial score (nSPS) is 10.4. The molecule has 0 aliphatic heterocycles. The molecule has 0 atom stereocenters. The third kappa shape index (κ3) is 1.66. The molecular formula is C7H3Br2F3. The van der Waals surface area contributed by atoms with Gasteiger partial charge in [-0.15, -0.1) is 0 Å². The summed E-state index contributed by atoms with van der Waals surface area (Å²) in [6.45, 7) is 0. The zero-order valence-corrected chi connectivity index (χ0v) is 8.85. The molecule has 0 N–H and O–H groups in total. The van der Waals surface area contributed by atoms with Crippen LogP contribution in [0.3, 0.4) is 0 Å². The highest BCUT2D eigenvalue weighted by atomic mass is 79.9. The molecule has 1 rings (SSSR count). The van der Waals surface area contributed by atoms with Gasteiger partial charge in [-0.2, -0.15) is 0 Å². The summed E-state index contributed by atoms with van der Waals surface area (Å²) < 4.78 is 38.1. The van der Waals surface area contributed by atoms with E-state index in [1.54, 1.807) is 0 Å². The molecule has 0 nitrogen and oxygen atoms in total. The average Bonchev–Trinajstić information content (AvgIpc) is 2.01. The summed E-state index contributed by atoms with van der Waals surface area (Å²) in [5, 5.41) is 0.136. The van der Waals surface area contributed by atoms with Crippen molar-refractivity contribution in [2.75, 3.05) is 0 Å². The molecule has 0 bridgehead atoms. The SMILES string of the molecule is Fc1cc(Br)c(CBr)c(F)c1F. The van der Waals surface area contributed by atoms with E-state index in [1.165, 1.54) is 0 Å². The monoisotopic (exact) mass is 302 g/mol. The first-order valence-corrected chi connectivity index (χ1v) is 4.87. The Morgan fingerprint density at radius 2 is 1.75 bits per heavy atom. The number of halogens is 5. The summed E-state index contributed by atoms with van der Waals surface area (Å²) in [5.74, 6) is -3.78. The van der Waals surface area contributed by atoms with Gasteiger partial charge in [0.1, 0.15) is 0 Å². The molecular weight excluding hydrogens is 301 g/mol. The third-order valence-corrected chi connectivity index (χ3v) is 2.61. The summed E-state index contributed by atoms with van der Waals surface area (Å²) in [5.41, 5.74) is 0.0777. The molecule has 1 aromatic carbocycles. The summed E-state index contributed by atoms with van der Waals surface area (Å²) in [6.07, 6.45) is 0. The van der Waals surface area contributed by atoms with E-state index < -0.39 is 17.5 Å². The van der Waals surface area contributed by atoms with Crippen molar-refractivity contribution in [3.05, 3.63) is 33.6 Å². The maximum Gasteiger partial charge on any atom is 0.194 e. The Morgan fingerprint density at radius 3 is 2.25 bits per heavy atom. The predicted molar refractivity (Wildman–Crippen MR) is 46.6 cm³/mol.